The van der Waals surface area contributed by atoms with Gasteiger partial charge in [0.1, 0.15) is 0 Å². The van der Waals surface area contributed by atoms with Crippen molar-refractivity contribution in [1.82, 2.24) is 0 Å². The molecule has 1 rings (SSSR count). The third-order valence-corrected chi connectivity index (χ3v) is 3.62. The van der Waals surface area contributed by atoms with Crippen molar-refractivity contribution in [3.8, 4) is 11.5 Å². The fourth-order valence-corrected chi connectivity index (χ4v) is 2.28. The van der Waals surface area contributed by atoms with E-state index in [0.29, 0.717) is 36.2 Å². The molecule has 134 valence electrons. The molecule has 0 amide bonds. The van der Waals surface area contributed by atoms with Crippen LogP contribution in [0.3, 0.4) is 0 Å². The van der Waals surface area contributed by atoms with E-state index >= 15 is 0 Å². The van der Waals surface area contributed by atoms with E-state index in [1.807, 2.05) is 0 Å². The number of ether oxygens (including phenoxy) is 2. The Hall–Kier alpha value is -1.84. The first-order valence-electron chi connectivity index (χ1n) is 8.89. The molecular formula is C20H30O4. The van der Waals surface area contributed by atoms with Gasteiger partial charge >= 0.3 is 11.9 Å². The minimum Gasteiger partial charge on any atom is -0.423 e. The number of rotatable bonds is 10. The lowest BCUT2D eigenvalue weighted by molar-refractivity contribution is -0.137. The minimum absolute atomic E-state index is 0.293. The maximum absolute atomic E-state index is 11.9. The van der Waals surface area contributed by atoms with Crippen LogP contribution in [0.1, 0.15) is 66.2 Å². The Bertz CT molecular complexity index is 473. The van der Waals surface area contributed by atoms with E-state index in [9.17, 15) is 9.59 Å². The van der Waals surface area contributed by atoms with Gasteiger partial charge in [0.25, 0.3) is 0 Å². The molecular weight excluding hydrogens is 304 g/mol. The molecule has 1 aromatic carbocycles. The number of benzene rings is 1. The molecule has 0 spiro atoms. The van der Waals surface area contributed by atoms with E-state index in [2.05, 4.69) is 27.7 Å². The van der Waals surface area contributed by atoms with Crippen LogP contribution in [0.5, 0.6) is 11.5 Å². The van der Waals surface area contributed by atoms with Gasteiger partial charge in [0.15, 0.2) is 11.5 Å². The van der Waals surface area contributed by atoms with Crippen LogP contribution in [-0.2, 0) is 9.59 Å². The first-order chi connectivity index (χ1) is 11.4. The Labute approximate surface area is 145 Å². The van der Waals surface area contributed by atoms with E-state index < -0.39 is 0 Å². The van der Waals surface area contributed by atoms with Gasteiger partial charge in [0.2, 0.25) is 0 Å². The van der Waals surface area contributed by atoms with E-state index in [0.717, 1.165) is 25.7 Å². The average Bonchev–Trinajstić information content (AvgIpc) is 2.48. The van der Waals surface area contributed by atoms with E-state index in [4.69, 9.17) is 9.47 Å². The zero-order valence-corrected chi connectivity index (χ0v) is 15.3. The fourth-order valence-electron chi connectivity index (χ4n) is 2.28. The Kier molecular flexibility index (Phi) is 9.13. The first kappa shape index (κ1) is 20.2. The van der Waals surface area contributed by atoms with Crippen LogP contribution in [0.4, 0.5) is 0 Å². The molecule has 0 saturated heterocycles. The van der Waals surface area contributed by atoms with Crippen LogP contribution in [0.15, 0.2) is 24.3 Å². The van der Waals surface area contributed by atoms with Crippen LogP contribution in [-0.4, -0.2) is 11.9 Å². The number of carbonyl (C=O) groups is 2. The summed E-state index contributed by atoms with van der Waals surface area (Å²) >= 11 is 0. The molecule has 0 atom stereocenters. The lowest BCUT2D eigenvalue weighted by atomic mass is 10.1. The number of para-hydroxylation sites is 2. The summed E-state index contributed by atoms with van der Waals surface area (Å²) in [5, 5.41) is 0. The van der Waals surface area contributed by atoms with Crippen LogP contribution < -0.4 is 9.47 Å². The summed E-state index contributed by atoms with van der Waals surface area (Å²) in [5.74, 6) is 1.17. The number of hydrogen-bond donors (Lipinski definition) is 0. The highest BCUT2D eigenvalue weighted by molar-refractivity contribution is 5.76. The molecule has 0 aromatic heterocycles. The second-order valence-corrected chi connectivity index (χ2v) is 6.97. The number of hydrogen-bond acceptors (Lipinski definition) is 4. The SMILES string of the molecule is CC(C)CCCC(=O)Oc1ccccc1OC(=O)CCCC(C)C. The van der Waals surface area contributed by atoms with Crippen LogP contribution in [0.2, 0.25) is 0 Å². The average molecular weight is 334 g/mol. The van der Waals surface area contributed by atoms with Crippen molar-refractivity contribution < 1.29 is 19.1 Å². The zero-order valence-electron chi connectivity index (χ0n) is 15.3. The van der Waals surface area contributed by atoms with Gasteiger partial charge in [-0.1, -0.05) is 52.7 Å². The summed E-state index contributed by atoms with van der Waals surface area (Å²) in [7, 11) is 0. The van der Waals surface area contributed by atoms with E-state index in [1.165, 1.54) is 0 Å². The number of carbonyl (C=O) groups excluding carboxylic acids is 2. The lowest BCUT2D eigenvalue weighted by Gasteiger charge is -2.11. The highest BCUT2D eigenvalue weighted by Crippen LogP contribution is 2.27. The second kappa shape index (κ2) is 10.8. The summed E-state index contributed by atoms with van der Waals surface area (Å²) < 4.78 is 10.7. The largest absolute Gasteiger partial charge is 0.423 e. The van der Waals surface area contributed by atoms with Crippen molar-refractivity contribution in [3.05, 3.63) is 24.3 Å². The quantitative estimate of drug-likeness (QED) is 0.438. The van der Waals surface area contributed by atoms with E-state index in [-0.39, 0.29) is 11.9 Å². The zero-order chi connectivity index (χ0) is 17.9. The van der Waals surface area contributed by atoms with Crippen molar-refractivity contribution >= 4 is 11.9 Å². The fraction of sp³-hybridized carbons (Fsp3) is 0.600. The van der Waals surface area contributed by atoms with Gasteiger partial charge in [0.05, 0.1) is 0 Å². The standard InChI is InChI=1S/C20H30O4/c1-15(2)9-7-13-19(21)23-17-11-5-6-12-18(17)24-20(22)14-8-10-16(3)4/h5-6,11-12,15-16H,7-10,13-14H2,1-4H3. The molecule has 0 N–H and O–H groups in total. The molecule has 0 saturated carbocycles. The Morgan fingerprint density at radius 2 is 1.17 bits per heavy atom. The molecule has 0 radical (unpaired) electrons. The van der Waals surface area contributed by atoms with Crippen LogP contribution in [0, 0.1) is 11.8 Å². The molecule has 0 bridgehead atoms. The number of esters is 2. The van der Waals surface area contributed by atoms with Gasteiger partial charge in [-0.15, -0.1) is 0 Å². The normalized spacial score (nSPS) is 10.9. The molecule has 1 aromatic rings. The van der Waals surface area contributed by atoms with Gasteiger partial charge < -0.3 is 9.47 Å². The first-order valence-corrected chi connectivity index (χ1v) is 8.89. The van der Waals surface area contributed by atoms with Crippen molar-refractivity contribution in [2.75, 3.05) is 0 Å². The third kappa shape index (κ3) is 8.70. The Balaban J connectivity index is 2.51. The predicted molar refractivity (Wildman–Crippen MR) is 95.1 cm³/mol. The van der Waals surface area contributed by atoms with Gasteiger partial charge in [-0.25, -0.2) is 0 Å². The lowest BCUT2D eigenvalue weighted by Crippen LogP contribution is -2.12. The predicted octanol–water partition coefficient (Wildman–Crippen LogP) is 5.15. The Morgan fingerprint density at radius 1 is 0.792 bits per heavy atom. The highest BCUT2D eigenvalue weighted by Gasteiger charge is 2.13. The topological polar surface area (TPSA) is 52.6 Å². The van der Waals surface area contributed by atoms with Crippen LogP contribution in [0.25, 0.3) is 0 Å². The second-order valence-electron chi connectivity index (χ2n) is 6.97. The van der Waals surface area contributed by atoms with Crippen molar-refractivity contribution in [1.29, 1.82) is 0 Å². The molecule has 4 heteroatoms. The summed E-state index contributed by atoms with van der Waals surface area (Å²) in [4.78, 5) is 23.8. The van der Waals surface area contributed by atoms with Crippen LogP contribution >= 0.6 is 0 Å². The van der Waals surface area contributed by atoms with Crippen molar-refractivity contribution in [2.24, 2.45) is 11.8 Å². The Morgan fingerprint density at radius 3 is 1.50 bits per heavy atom. The summed E-state index contributed by atoms with van der Waals surface area (Å²) in [5.41, 5.74) is 0. The molecule has 0 aliphatic carbocycles. The van der Waals surface area contributed by atoms with Gasteiger partial charge in [-0.2, -0.15) is 0 Å². The summed E-state index contributed by atoms with van der Waals surface area (Å²) in [6.07, 6.45) is 4.31. The molecule has 0 aliphatic heterocycles. The molecule has 0 unspecified atom stereocenters. The molecule has 0 heterocycles. The van der Waals surface area contributed by atoms with Crippen molar-refractivity contribution in [2.45, 2.75) is 66.2 Å². The maximum atomic E-state index is 11.9. The minimum atomic E-state index is -0.293. The summed E-state index contributed by atoms with van der Waals surface area (Å²) in [6, 6.07) is 6.81. The van der Waals surface area contributed by atoms with Gasteiger partial charge in [-0.05, 0) is 36.8 Å². The highest BCUT2D eigenvalue weighted by atomic mass is 16.6. The smallest absolute Gasteiger partial charge is 0.311 e. The summed E-state index contributed by atoms with van der Waals surface area (Å²) in [6.45, 7) is 8.50. The van der Waals surface area contributed by atoms with Gasteiger partial charge in [0, 0.05) is 12.8 Å². The molecule has 24 heavy (non-hydrogen) atoms. The maximum Gasteiger partial charge on any atom is 0.311 e. The monoisotopic (exact) mass is 334 g/mol. The third-order valence-electron chi connectivity index (χ3n) is 3.62. The molecule has 0 aliphatic rings. The van der Waals surface area contributed by atoms with Gasteiger partial charge in [-0.3, -0.25) is 9.59 Å². The van der Waals surface area contributed by atoms with E-state index in [1.54, 1.807) is 24.3 Å². The van der Waals surface area contributed by atoms with Crippen molar-refractivity contribution in [3.63, 3.8) is 0 Å². The molecule has 0 fully saturated rings. The molecule has 4 nitrogen and oxygen atoms in total.